The standard InChI is InChI=1S/C21H32FN5O/c1-13-18(22)20(23-2)26-21(24-13)25-16-11-15-7-10-28-19(15)17(12-16)14-5-4-8-27(3)9-6-14/h6,11-13,18,20-21,23-26H,4-5,7-10H2,1-3H3. The molecule has 3 heterocycles. The first kappa shape index (κ1) is 19.6. The summed E-state index contributed by atoms with van der Waals surface area (Å²) in [5, 5.41) is 13.0. The van der Waals surface area contributed by atoms with Crippen LogP contribution in [0.2, 0.25) is 0 Å². The third-order valence-electron chi connectivity index (χ3n) is 5.96. The molecule has 3 aliphatic rings. The number of anilines is 1. The average molecular weight is 390 g/mol. The summed E-state index contributed by atoms with van der Waals surface area (Å²) in [6.07, 6.45) is 3.90. The van der Waals surface area contributed by atoms with E-state index in [9.17, 15) is 4.39 Å². The number of halogens is 1. The number of fused-ring (bicyclic) bond motifs is 1. The molecule has 154 valence electrons. The minimum Gasteiger partial charge on any atom is -0.492 e. The second-order valence-electron chi connectivity index (χ2n) is 8.12. The van der Waals surface area contributed by atoms with Crippen molar-refractivity contribution in [3.05, 3.63) is 29.3 Å². The van der Waals surface area contributed by atoms with Crippen LogP contribution in [-0.2, 0) is 6.42 Å². The van der Waals surface area contributed by atoms with Gasteiger partial charge in [0.25, 0.3) is 0 Å². The van der Waals surface area contributed by atoms with Gasteiger partial charge in [0, 0.05) is 35.8 Å². The van der Waals surface area contributed by atoms with Crippen molar-refractivity contribution in [1.82, 2.24) is 20.9 Å². The quantitative estimate of drug-likeness (QED) is 0.631. The summed E-state index contributed by atoms with van der Waals surface area (Å²) in [5.74, 6) is 1.04. The predicted molar refractivity (Wildman–Crippen MR) is 111 cm³/mol. The normalized spacial score (nSPS) is 30.9. The van der Waals surface area contributed by atoms with Crippen molar-refractivity contribution in [2.75, 3.05) is 39.1 Å². The fourth-order valence-corrected chi connectivity index (χ4v) is 4.33. The molecular weight excluding hydrogens is 357 g/mol. The summed E-state index contributed by atoms with van der Waals surface area (Å²) < 4.78 is 20.3. The van der Waals surface area contributed by atoms with Gasteiger partial charge in [-0.3, -0.25) is 10.6 Å². The Morgan fingerprint density at radius 2 is 2.11 bits per heavy atom. The van der Waals surface area contributed by atoms with Gasteiger partial charge in [0.05, 0.1) is 12.8 Å². The summed E-state index contributed by atoms with van der Waals surface area (Å²) in [6, 6.07) is 4.11. The lowest BCUT2D eigenvalue weighted by Crippen LogP contribution is -2.69. The van der Waals surface area contributed by atoms with Gasteiger partial charge >= 0.3 is 0 Å². The van der Waals surface area contributed by atoms with Crippen LogP contribution in [-0.4, -0.2) is 63.4 Å². The minimum atomic E-state index is -0.986. The lowest BCUT2D eigenvalue weighted by Gasteiger charge is -2.39. The molecule has 0 radical (unpaired) electrons. The van der Waals surface area contributed by atoms with Crippen molar-refractivity contribution in [3.8, 4) is 5.75 Å². The summed E-state index contributed by atoms with van der Waals surface area (Å²) in [7, 11) is 3.94. The lowest BCUT2D eigenvalue weighted by atomic mass is 9.96. The second-order valence-corrected chi connectivity index (χ2v) is 8.12. The molecule has 0 saturated carbocycles. The molecule has 0 spiro atoms. The molecule has 4 atom stereocenters. The topological polar surface area (TPSA) is 60.6 Å². The Morgan fingerprint density at radius 3 is 2.93 bits per heavy atom. The van der Waals surface area contributed by atoms with E-state index in [-0.39, 0.29) is 18.5 Å². The number of nitrogens with one attached hydrogen (secondary N) is 4. The highest BCUT2D eigenvalue weighted by molar-refractivity contribution is 5.76. The first-order valence-electron chi connectivity index (χ1n) is 10.3. The monoisotopic (exact) mass is 389 g/mol. The molecule has 1 aromatic rings. The average Bonchev–Trinajstić information content (AvgIpc) is 3.04. The molecule has 4 N–H and O–H groups in total. The van der Waals surface area contributed by atoms with E-state index in [4.69, 9.17) is 4.74 Å². The lowest BCUT2D eigenvalue weighted by molar-refractivity contribution is 0.116. The van der Waals surface area contributed by atoms with Crippen LogP contribution < -0.4 is 26.0 Å². The van der Waals surface area contributed by atoms with Crippen molar-refractivity contribution in [2.24, 2.45) is 0 Å². The largest absolute Gasteiger partial charge is 0.492 e. The number of likely N-dealkylation sites (N-methyl/N-ethyl adjacent to an activating group) is 1. The Kier molecular flexibility index (Phi) is 5.87. The Balaban J connectivity index is 1.59. The number of rotatable bonds is 4. The van der Waals surface area contributed by atoms with Crippen molar-refractivity contribution >= 4 is 11.3 Å². The van der Waals surface area contributed by atoms with E-state index in [2.05, 4.69) is 51.4 Å². The maximum Gasteiger partial charge on any atom is 0.144 e. The number of ether oxygens (including phenoxy) is 1. The van der Waals surface area contributed by atoms with Gasteiger partial charge in [-0.2, -0.15) is 0 Å². The molecule has 3 aliphatic heterocycles. The number of nitrogens with zero attached hydrogens (tertiary/aromatic N) is 1. The summed E-state index contributed by atoms with van der Waals surface area (Å²) >= 11 is 0. The van der Waals surface area contributed by atoms with Crippen LogP contribution >= 0.6 is 0 Å². The zero-order chi connectivity index (χ0) is 19.7. The second kappa shape index (κ2) is 8.37. The zero-order valence-corrected chi connectivity index (χ0v) is 17.0. The number of alkyl halides is 1. The van der Waals surface area contributed by atoms with Gasteiger partial charge in [-0.25, -0.2) is 4.39 Å². The van der Waals surface area contributed by atoms with Gasteiger partial charge < -0.3 is 20.3 Å². The van der Waals surface area contributed by atoms with E-state index < -0.39 is 6.17 Å². The Hall–Kier alpha value is -1.67. The third-order valence-corrected chi connectivity index (χ3v) is 5.96. The van der Waals surface area contributed by atoms with Crippen molar-refractivity contribution < 1.29 is 9.13 Å². The smallest absolute Gasteiger partial charge is 0.144 e. The Labute approximate surface area is 166 Å². The van der Waals surface area contributed by atoms with Gasteiger partial charge in [0.2, 0.25) is 0 Å². The van der Waals surface area contributed by atoms with E-state index in [1.165, 1.54) is 16.7 Å². The molecule has 1 saturated heterocycles. The van der Waals surface area contributed by atoms with Crippen molar-refractivity contribution in [2.45, 2.75) is 50.9 Å². The molecule has 0 aromatic heterocycles. The number of hydrogen-bond acceptors (Lipinski definition) is 6. The summed E-state index contributed by atoms with van der Waals surface area (Å²) in [4.78, 5) is 2.35. The van der Waals surface area contributed by atoms with E-state index in [1.807, 2.05) is 6.92 Å². The molecule has 1 fully saturated rings. The van der Waals surface area contributed by atoms with Gasteiger partial charge in [-0.05, 0) is 58.1 Å². The highest BCUT2D eigenvalue weighted by Crippen LogP contribution is 2.39. The summed E-state index contributed by atoms with van der Waals surface area (Å²) in [6.45, 7) is 4.69. The fraction of sp³-hybridized carbons (Fsp3) is 0.619. The van der Waals surface area contributed by atoms with Crippen LogP contribution in [0, 0.1) is 0 Å². The predicted octanol–water partition coefficient (Wildman–Crippen LogP) is 1.89. The molecular formula is C21H32FN5O. The first-order chi connectivity index (χ1) is 13.5. The van der Waals surface area contributed by atoms with Crippen LogP contribution in [0.15, 0.2) is 18.2 Å². The van der Waals surface area contributed by atoms with Crippen molar-refractivity contribution in [3.63, 3.8) is 0 Å². The highest BCUT2D eigenvalue weighted by Gasteiger charge is 2.34. The highest BCUT2D eigenvalue weighted by atomic mass is 19.1. The molecule has 7 heteroatoms. The molecule has 0 amide bonds. The number of allylic oxidation sites excluding steroid dienone is 1. The maximum atomic E-state index is 14.3. The molecule has 0 aliphatic carbocycles. The Morgan fingerprint density at radius 1 is 1.25 bits per heavy atom. The number of hydrogen-bond donors (Lipinski definition) is 4. The minimum absolute atomic E-state index is 0.207. The van der Waals surface area contributed by atoms with E-state index >= 15 is 0 Å². The Bertz CT molecular complexity index is 740. The first-order valence-corrected chi connectivity index (χ1v) is 10.3. The van der Waals surface area contributed by atoms with Crippen LogP contribution in [0.1, 0.15) is 30.9 Å². The SMILES string of the molecule is CNC1NC(Nc2cc3c(c(C4=CCN(C)CCC4)c2)OCC3)NC(C)C1F. The van der Waals surface area contributed by atoms with Crippen LogP contribution in [0.5, 0.6) is 5.75 Å². The molecule has 28 heavy (non-hydrogen) atoms. The van der Waals surface area contributed by atoms with Crippen LogP contribution in [0.25, 0.3) is 5.57 Å². The van der Waals surface area contributed by atoms with Gasteiger partial charge in [-0.1, -0.05) is 6.08 Å². The van der Waals surface area contributed by atoms with Gasteiger partial charge in [-0.15, -0.1) is 0 Å². The molecule has 6 nitrogen and oxygen atoms in total. The fourth-order valence-electron chi connectivity index (χ4n) is 4.33. The molecule has 1 aromatic carbocycles. The van der Waals surface area contributed by atoms with Gasteiger partial charge in [0.1, 0.15) is 18.2 Å². The van der Waals surface area contributed by atoms with Crippen LogP contribution in [0.3, 0.4) is 0 Å². The molecule has 0 bridgehead atoms. The number of benzene rings is 1. The van der Waals surface area contributed by atoms with Crippen LogP contribution in [0.4, 0.5) is 10.1 Å². The molecule has 4 unspecified atom stereocenters. The zero-order valence-electron chi connectivity index (χ0n) is 17.0. The summed E-state index contributed by atoms with van der Waals surface area (Å²) in [5.41, 5.74) is 4.84. The van der Waals surface area contributed by atoms with E-state index in [0.29, 0.717) is 0 Å². The molecule has 4 rings (SSSR count). The van der Waals surface area contributed by atoms with Crippen molar-refractivity contribution in [1.29, 1.82) is 0 Å². The van der Waals surface area contributed by atoms with Gasteiger partial charge in [0.15, 0.2) is 0 Å². The van der Waals surface area contributed by atoms with E-state index in [0.717, 1.165) is 50.4 Å². The maximum absolute atomic E-state index is 14.3. The third kappa shape index (κ3) is 4.03. The van der Waals surface area contributed by atoms with E-state index in [1.54, 1.807) is 7.05 Å².